The van der Waals surface area contributed by atoms with Gasteiger partial charge >= 0.3 is 4.87 Å². The summed E-state index contributed by atoms with van der Waals surface area (Å²) in [6, 6.07) is 7.74. The van der Waals surface area contributed by atoms with Gasteiger partial charge in [-0.05, 0) is 41.9 Å². The van der Waals surface area contributed by atoms with Crippen LogP contribution in [0.2, 0.25) is 5.02 Å². The van der Waals surface area contributed by atoms with Gasteiger partial charge in [0.25, 0.3) is 0 Å². The average Bonchev–Trinajstić information content (AvgIpc) is 3.61. The zero-order chi connectivity index (χ0) is 24.7. The predicted octanol–water partition coefficient (Wildman–Crippen LogP) is 2.42. The highest BCUT2D eigenvalue weighted by Crippen LogP contribution is 2.68. The number of thiazole rings is 1. The third-order valence-corrected chi connectivity index (χ3v) is 11.5. The van der Waals surface area contributed by atoms with Crippen LogP contribution in [0.15, 0.2) is 34.1 Å². The lowest BCUT2D eigenvalue weighted by Crippen LogP contribution is -2.47. The number of ether oxygens (including phenoxy) is 1. The number of imide groups is 1. The number of aromatic nitrogens is 1. The minimum Gasteiger partial charge on any atom is -0.378 e. The van der Waals surface area contributed by atoms with Crippen molar-refractivity contribution in [3.05, 3.63) is 49.4 Å². The van der Waals surface area contributed by atoms with Crippen LogP contribution in [-0.4, -0.2) is 70.6 Å². The minimum absolute atomic E-state index is 0.0310. The van der Waals surface area contributed by atoms with Gasteiger partial charge in [-0.1, -0.05) is 35.1 Å². The number of thioether (sulfide) groups is 1. The van der Waals surface area contributed by atoms with Gasteiger partial charge in [0, 0.05) is 34.2 Å². The summed E-state index contributed by atoms with van der Waals surface area (Å²) in [6.45, 7) is 1.73. The van der Waals surface area contributed by atoms with Crippen molar-refractivity contribution in [2.24, 2.45) is 29.6 Å². The number of amides is 3. The highest BCUT2D eigenvalue weighted by molar-refractivity contribution is 8.00. The monoisotopic (exact) mass is 545 g/mol. The lowest BCUT2D eigenvalue weighted by Gasteiger charge is -2.43. The third kappa shape index (κ3) is 3.30. The van der Waals surface area contributed by atoms with Gasteiger partial charge in [-0.25, -0.2) is 0 Å². The number of halogens is 1. The summed E-state index contributed by atoms with van der Waals surface area (Å²) in [7, 11) is 0. The zero-order valence-electron chi connectivity index (χ0n) is 19.2. The Labute approximate surface area is 220 Å². The SMILES string of the molecule is O=C(CN1C(=O)C2C3CC(C2C1=O)C1C3Sc2[nH]c(=O)sc2[C@@H]1c1ccc(Cl)cc1)N1CCOCC1. The van der Waals surface area contributed by atoms with E-state index in [1.807, 2.05) is 24.3 Å². The molecule has 6 unspecified atom stereocenters. The summed E-state index contributed by atoms with van der Waals surface area (Å²) in [5, 5.41) is 1.65. The average molecular weight is 546 g/mol. The van der Waals surface area contributed by atoms with Gasteiger partial charge in [-0.2, -0.15) is 0 Å². The number of H-pyrrole nitrogens is 1. The van der Waals surface area contributed by atoms with Crippen molar-refractivity contribution in [2.75, 3.05) is 32.8 Å². The van der Waals surface area contributed by atoms with Gasteiger partial charge in [0.2, 0.25) is 17.7 Å². The summed E-state index contributed by atoms with van der Waals surface area (Å²) in [6.07, 6.45) is 0.823. The molecule has 3 aliphatic heterocycles. The van der Waals surface area contributed by atoms with Crippen LogP contribution in [0.4, 0.5) is 0 Å². The van der Waals surface area contributed by atoms with Crippen LogP contribution in [0.5, 0.6) is 0 Å². The van der Waals surface area contributed by atoms with E-state index < -0.39 is 5.92 Å². The van der Waals surface area contributed by atoms with E-state index in [0.29, 0.717) is 31.3 Å². The summed E-state index contributed by atoms with van der Waals surface area (Å²) < 4.78 is 5.32. The molecule has 4 fully saturated rings. The highest BCUT2D eigenvalue weighted by Gasteiger charge is 2.69. The van der Waals surface area contributed by atoms with E-state index >= 15 is 0 Å². The van der Waals surface area contributed by atoms with E-state index in [1.165, 1.54) is 16.2 Å². The van der Waals surface area contributed by atoms with Crippen LogP contribution in [0.1, 0.15) is 22.8 Å². The lowest BCUT2D eigenvalue weighted by molar-refractivity contribution is -0.148. The van der Waals surface area contributed by atoms with E-state index in [4.69, 9.17) is 16.3 Å². The number of nitrogens with zero attached hydrogens (tertiary/aromatic N) is 2. The molecule has 2 bridgehead atoms. The molecule has 7 atom stereocenters. The first kappa shape index (κ1) is 23.0. The molecule has 0 spiro atoms. The summed E-state index contributed by atoms with van der Waals surface area (Å²) in [5.41, 5.74) is 1.08. The molecule has 1 aromatic carbocycles. The highest BCUT2D eigenvalue weighted by atomic mass is 35.5. The van der Waals surface area contributed by atoms with Crippen molar-refractivity contribution in [3.63, 3.8) is 0 Å². The number of carbonyl (C=O) groups excluding carboxylic acids is 3. The minimum atomic E-state index is -0.395. The number of benzene rings is 1. The van der Waals surface area contributed by atoms with Crippen molar-refractivity contribution in [2.45, 2.75) is 22.6 Å². The predicted molar refractivity (Wildman–Crippen MR) is 134 cm³/mol. The number of carbonyl (C=O) groups is 3. The van der Waals surface area contributed by atoms with Gasteiger partial charge in [-0.3, -0.25) is 24.1 Å². The normalized spacial score (nSPS) is 34.6. The van der Waals surface area contributed by atoms with Crippen LogP contribution in [0.3, 0.4) is 0 Å². The Hall–Kier alpha value is -2.14. The van der Waals surface area contributed by atoms with E-state index in [0.717, 1.165) is 21.9 Å². The molecule has 1 aromatic heterocycles. The number of hydrogen-bond acceptors (Lipinski definition) is 7. The van der Waals surface area contributed by atoms with E-state index in [-0.39, 0.29) is 64.0 Å². The summed E-state index contributed by atoms with van der Waals surface area (Å²) in [5.74, 6) is -1.21. The van der Waals surface area contributed by atoms with Crippen LogP contribution >= 0.6 is 34.7 Å². The van der Waals surface area contributed by atoms with Crippen molar-refractivity contribution in [1.82, 2.24) is 14.8 Å². The molecule has 11 heteroatoms. The number of rotatable bonds is 3. The molecule has 188 valence electrons. The van der Waals surface area contributed by atoms with Crippen LogP contribution < -0.4 is 4.87 Å². The summed E-state index contributed by atoms with van der Waals surface area (Å²) in [4.78, 5) is 59.2. The van der Waals surface area contributed by atoms with E-state index in [2.05, 4.69) is 4.98 Å². The number of likely N-dealkylation sites (tertiary alicyclic amines) is 1. The molecule has 5 aliphatic rings. The van der Waals surface area contributed by atoms with E-state index in [1.54, 1.807) is 16.7 Å². The van der Waals surface area contributed by atoms with Crippen molar-refractivity contribution in [1.29, 1.82) is 0 Å². The van der Waals surface area contributed by atoms with Crippen molar-refractivity contribution in [3.8, 4) is 0 Å². The van der Waals surface area contributed by atoms with Crippen molar-refractivity contribution < 1.29 is 19.1 Å². The second-order valence-corrected chi connectivity index (χ2v) is 12.9. The first-order chi connectivity index (χ1) is 17.4. The maximum absolute atomic E-state index is 13.6. The Kier molecular flexibility index (Phi) is 5.40. The van der Waals surface area contributed by atoms with Gasteiger partial charge in [0.15, 0.2) is 0 Å². The van der Waals surface area contributed by atoms with Gasteiger partial charge in [0.1, 0.15) is 6.54 Å². The zero-order valence-corrected chi connectivity index (χ0v) is 21.6. The maximum Gasteiger partial charge on any atom is 0.305 e. The standard InChI is InChI=1S/C25H24ClN3O5S2/c26-12-3-1-11(2-4-12)16-17-13-9-14(20(17)35-22-21(16)36-25(33)27-22)19-18(13)23(31)29(24(19)32)10-15(30)28-5-7-34-8-6-28/h1-4,13-14,16-20H,5-10H2,(H,27,33)/t13?,14?,16-,17?,18?,19?,20?/m1/s1. The molecular formula is C25H24ClN3O5S2. The number of hydrogen-bond donors (Lipinski definition) is 1. The number of fused-ring (bicyclic) bond motifs is 9. The Morgan fingerprint density at radius 2 is 1.75 bits per heavy atom. The van der Waals surface area contributed by atoms with Gasteiger partial charge in [-0.15, -0.1) is 11.8 Å². The molecule has 8 nitrogen and oxygen atoms in total. The summed E-state index contributed by atoms with van der Waals surface area (Å²) >= 11 is 9.07. The fourth-order valence-electron chi connectivity index (χ4n) is 7.33. The largest absolute Gasteiger partial charge is 0.378 e. The molecule has 7 rings (SSSR count). The first-order valence-electron chi connectivity index (χ1n) is 12.3. The Bertz CT molecular complexity index is 1320. The molecule has 1 N–H and O–H groups in total. The smallest absolute Gasteiger partial charge is 0.305 e. The molecule has 2 aromatic rings. The van der Waals surface area contributed by atoms with E-state index in [9.17, 15) is 19.2 Å². The second kappa shape index (κ2) is 8.44. The van der Waals surface area contributed by atoms with Gasteiger partial charge < -0.3 is 14.6 Å². The molecular weight excluding hydrogens is 522 g/mol. The Morgan fingerprint density at radius 3 is 2.47 bits per heavy atom. The fraction of sp³-hybridized carbons (Fsp3) is 0.520. The van der Waals surface area contributed by atoms with Gasteiger partial charge in [0.05, 0.1) is 30.1 Å². The number of nitrogens with one attached hydrogen (secondary N) is 1. The molecule has 36 heavy (non-hydrogen) atoms. The van der Waals surface area contributed by atoms with Crippen LogP contribution in [0, 0.1) is 29.6 Å². The molecule has 2 aliphatic carbocycles. The van der Waals surface area contributed by atoms with Crippen LogP contribution in [0.25, 0.3) is 0 Å². The van der Waals surface area contributed by atoms with Crippen molar-refractivity contribution >= 4 is 52.4 Å². The molecule has 3 amide bonds. The van der Waals surface area contributed by atoms with Crippen LogP contribution in [-0.2, 0) is 19.1 Å². The second-order valence-electron chi connectivity index (χ2n) is 10.3. The Morgan fingerprint density at radius 1 is 1.06 bits per heavy atom. The molecule has 0 radical (unpaired) electrons. The number of aromatic amines is 1. The topological polar surface area (TPSA) is 99.8 Å². The Balaban J connectivity index is 1.22. The molecule has 2 saturated heterocycles. The first-order valence-corrected chi connectivity index (χ1v) is 14.4. The molecule has 2 saturated carbocycles. The maximum atomic E-state index is 13.6. The third-order valence-electron chi connectivity index (χ3n) is 8.70. The lowest BCUT2D eigenvalue weighted by atomic mass is 9.68. The molecule has 4 heterocycles. The number of morpholine rings is 1. The quantitative estimate of drug-likeness (QED) is 0.595. The fourth-order valence-corrected chi connectivity index (χ4v) is 10.3.